The zero-order valence-corrected chi connectivity index (χ0v) is 14.6. The molecule has 6 heteroatoms. The number of methoxy groups -OCH3 is 1. The van der Waals surface area contributed by atoms with Gasteiger partial charge in [-0.05, 0) is 17.2 Å². The largest absolute Gasteiger partial charge is 0.466 e. The fraction of sp³-hybridized carbons (Fsp3) is 0.190. The van der Waals surface area contributed by atoms with Crippen LogP contribution in [0.3, 0.4) is 0 Å². The Bertz CT molecular complexity index is 872. The summed E-state index contributed by atoms with van der Waals surface area (Å²) in [6, 6.07) is 14.7. The lowest BCUT2D eigenvalue weighted by atomic mass is 9.88. The van der Waals surface area contributed by atoms with Gasteiger partial charge in [-0.3, -0.25) is 0 Å². The van der Waals surface area contributed by atoms with Crippen molar-refractivity contribution in [3.8, 4) is 0 Å². The number of carbonyl (C=O) groups is 1. The highest BCUT2D eigenvalue weighted by Crippen LogP contribution is 2.35. The van der Waals surface area contributed by atoms with E-state index in [4.69, 9.17) is 4.74 Å². The topological polar surface area (TPSA) is 29.5 Å². The van der Waals surface area contributed by atoms with Crippen LogP contribution < -0.4 is 0 Å². The minimum Gasteiger partial charge on any atom is -0.466 e. The van der Waals surface area contributed by atoms with E-state index in [1.54, 1.807) is 24.5 Å². The molecule has 0 aromatic heterocycles. The number of ether oxygens (including phenoxy) is 1. The summed E-state index contributed by atoms with van der Waals surface area (Å²) in [6.45, 7) is 0.535. The molecule has 0 fully saturated rings. The van der Waals surface area contributed by atoms with Gasteiger partial charge >= 0.3 is 12.1 Å². The maximum atomic E-state index is 13.0. The SMILES string of the molecule is COC(=O)C1=CN(Cc2ccccc2)C=CC1c1cccc(C(F)(F)F)c1. The zero-order chi connectivity index (χ0) is 19.4. The first kappa shape index (κ1) is 18.8. The van der Waals surface area contributed by atoms with Crippen molar-refractivity contribution in [2.24, 2.45) is 0 Å². The van der Waals surface area contributed by atoms with E-state index in [1.807, 2.05) is 35.2 Å². The van der Waals surface area contributed by atoms with Gasteiger partial charge in [0.05, 0.1) is 18.2 Å². The number of hydrogen-bond acceptors (Lipinski definition) is 3. The van der Waals surface area contributed by atoms with Gasteiger partial charge in [0.25, 0.3) is 0 Å². The van der Waals surface area contributed by atoms with Gasteiger partial charge in [0.1, 0.15) is 0 Å². The molecule has 2 aromatic carbocycles. The van der Waals surface area contributed by atoms with Gasteiger partial charge in [0.15, 0.2) is 0 Å². The first-order valence-electron chi connectivity index (χ1n) is 8.33. The second-order valence-electron chi connectivity index (χ2n) is 6.18. The first-order valence-corrected chi connectivity index (χ1v) is 8.33. The molecule has 2 aromatic rings. The maximum absolute atomic E-state index is 13.0. The summed E-state index contributed by atoms with van der Waals surface area (Å²) in [5, 5.41) is 0. The number of allylic oxidation sites excluding steroid dienone is 1. The van der Waals surface area contributed by atoms with Gasteiger partial charge in [-0.15, -0.1) is 0 Å². The molecule has 140 valence electrons. The summed E-state index contributed by atoms with van der Waals surface area (Å²) >= 11 is 0. The fourth-order valence-corrected chi connectivity index (χ4v) is 2.99. The van der Waals surface area contributed by atoms with Crippen molar-refractivity contribution < 1.29 is 22.7 Å². The van der Waals surface area contributed by atoms with Crippen LogP contribution in [-0.4, -0.2) is 18.0 Å². The molecule has 1 heterocycles. The summed E-state index contributed by atoms with van der Waals surface area (Å²) in [4.78, 5) is 14.1. The smallest absolute Gasteiger partial charge is 0.416 e. The Morgan fingerprint density at radius 3 is 2.52 bits per heavy atom. The van der Waals surface area contributed by atoms with Crippen LogP contribution in [0.4, 0.5) is 13.2 Å². The van der Waals surface area contributed by atoms with Crippen molar-refractivity contribution in [1.29, 1.82) is 0 Å². The van der Waals surface area contributed by atoms with E-state index in [2.05, 4.69) is 0 Å². The van der Waals surface area contributed by atoms with E-state index in [0.29, 0.717) is 12.1 Å². The monoisotopic (exact) mass is 373 g/mol. The molecule has 1 aliphatic heterocycles. The molecular formula is C21H18F3NO2. The Labute approximate surface area is 155 Å². The Balaban J connectivity index is 1.91. The molecular weight excluding hydrogens is 355 g/mol. The number of hydrogen-bond donors (Lipinski definition) is 0. The molecule has 3 nitrogen and oxygen atoms in total. The predicted octanol–water partition coefficient (Wildman–Crippen LogP) is 4.88. The Kier molecular flexibility index (Phi) is 5.35. The average Bonchev–Trinajstić information content (AvgIpc) is 2.67. The van der Waals surface area contributed by atoms with Crippen LogP contribution in [0.25, 0.3) is 0 Å². The molecule has 1 aliphatic rings. The molecule has 1 atom stereocenters. The number of esters is 1. The molecule has 3 rings (SSSR count). The minimum absolute atomic E-state index is 0.287. The first-order chi connectivity index (χ1) is 12.9. The summed E-state index contributed by atoms with van der Waals surface area (Å²) in [6.07, 6.45) is 0.668. The molecule has 27 heavy (non-hydrogen) atoms. The number of benzene rings is 2. The average molecular weight is 373 g/mol. The van der Waals surface area contributed by atoms with Gasteiger partial charge in [0, 0.05) is 24.9 Å². The lowest BCUT2D eigenvalue weighted by Crippen LogP contribution is -2.22. The zero-order valence-electron chi connectivity index (χ0n) is 14.6. The van der Waals surface area contributed by atoms with Gasteiger partial charge < -0.3 is 9.64 Å². The van der Waals surface area contributed by atoms with Crippen molar-refractivity contribution in [3.63, 3.8) is 0 Å². The molecule has 1 unspecified atom stereocenters. The minimum atomic E-state index is -4.44. The summed E-state index contributed by atoms with van der Waals surface area (Å²) in [7, 11) is 1.26. The normalized spacial score (nSPS) is 16.8. The van der Waals surface area contributed by atoms with Crippen LogP contribution in [0.15, 0.2) is 78.6 Å². The Hall–Kier alpha value is -3.02. The number of nitrogens with zero attached hydrogens (tertiary/aromatic N) is 1. The van der Waals surface area contributed by atoms with E-state index in [0.717, 1.165) is 17.7 Å². The van der Waals surface area contributed by atoms with Crippen LogP contribution in [0.1, 0.15) is 22.6 Å². The summed E-state index contributed by atoms with van der Waals surface area (Å²) in [5.41, 5.74) is 0.969. The van der Waals surface area contributed by atoms with Gasteiger partial charge in [0.2, 0.25) is 0 Å². The van der Waals surface area contributed by atoms with Crippen LogP contribution in [0, 0.1) is 0 Å². The van der Waals surface area contributed by atoms with Crippen LogP contribution in [-0.2, 0) is 22.3 Å². The molecule has 0 saturated carbocycles. The highest BCUT2D eigenvalue weighted by Gasteiger charge is 2.32. The van der Waals surface area contributed by atoms with Crippen LogP contribution >= 0.6 is 0 Å². The van der Waals surface area contributed by atoms with E-state index >= 15 is 0 Å². The number of halogens is 3. The highest BCUT2D eigenvalue weighted by atomic mass is 19.4. The molecule has 0 aliphatic carbocycles. The lowest BCUT2D eigenvalue weighted by molar-refractivity contribution is -0.137. The van der Waals surface area contributed by atoms with Crippen molar-refractivity contribution in [1.82, 2.24) is 4.90 Å². The van der Waals surface area contributed by atoms with Crippen molar-refractivity contribution in [2.75, 3.05) is 7.11 Å². The molecule has 0 N–H and O–H groups in total. The summed E-state index contributed by atoms with van der Waals surface area (Å²) < 4.78 is 43.9. The molecule has 0 saturated heterocycles. The molecule has 0 radical (unpaired) electrons. The predicted molar refractivity (Wildman–Crippen MR) is 95.4 cm³/mol. The van der Waals surface area contributed by atoms with E-state index in [1.165, 1.54) is 13.2 Å². The third kappa shape index (κ3) is 4.39. The molecule has 0 bridgehead atoms. The Morgan fingerprint density at radius 2 is 1.85 bits per heavy atom. The number of rotatable bonds is 4. The maximum Gasteiger partial charge on any atom is 0.416 e. The third-order valence-electron chi connectivity index (χ3n) is 4.31. The van der Waals surface area contributed by atoms with Gasteiger partial charge in [-0.25, -0.2) is 4.79 Å². The Morgan fingerprint density at radius 1 is 1.11 bits per heavy atom. The number of carbonyl (C=O) groups excluding carboxylic acids is 1. The second kappa shape index (κ2) is 7.70. The standard InChI is InChI=1S/C21H18F3NO2/c1-27-20(26)19-14-25(13-15-6-3-2-4-7-15)11-10-18(19)16-8-5-9-17(12-16)21(22,23)24/h2-12,14,18H,13H2,1H3. The fourth-order valence-electron chi connectivity index (χ4n) is 2.99. The summed E-state index contributed by atoms with van der Waals surface area (Å²) in [5.74, 6) is -1.17. The van der Waals surface area contributed by atoms with E-state index in [-0.39, 0.29) is 5.57 Å². The van der Waals surface area contributed by atoms with Crippen molar-refractivity contribution in [2.45, 2.75) is 18.6 Å². The lowest BCUT2D eigenvalue weighted by Gasteiger charge is -2.26. The van der Waals surface area contributed by atoms with Crippen LogP contribution in [0.5, 0.6) is 0 Å². The quantitative estimate of drug-likeness (QED) is 0.716. The van der Waals surface area contributed by atoms with E-state index < -0.39 is 23.6 Å². The molecule has 0 amide bonds. The molecule has 0 spiro atoms. The highest BCUT2D eigenvalue weighted by molar-refractivity contribution is 5.91. The second-order valence-corrected chi connectivity index (χ2v) is 6.18. The van der Waals surface area contributed by atoms with Crippen LogP contribution in [0.2, 0.25) is 0 Å². The number of alkyl halides is 3. The van der Waals surface area contributed by atoms with Crippen molar-refractivity contribution >= 4 is 5.97 Å². The third-order valence-corrected chi connectivity index (χ3v) is 4.31. The van der Waals surface area contributed by atoms with Gasteiger partial charge in [-0.2, -0.15) is 13.2 Å². The van der Waals surface area contributed by atoms with E-state index in [9.17, 15) is 18.0 Å². The van der Waals surface area contributed by atoms with Crippen molar-refractivity contribution in [3.05, 3.63) is 95.3 Å². The van der Waals surface area contributed by atoms with Gasteiger partial charge in [-0.1, -0.05) is 54.6 Å².